The van der Waals surface area contributed by atoms with Gasteiger partial charge < -0.3 is 19.7 Å². The molecule has 2 aliphatic heterocycles. The van der Waals surface area contributed by atoms with Crippen molar-refractivity contribution in [3.63, 3.8) is 0 Å². The minimum absolute atomic E-state index is 0.188. The van der Waals surface area contributed by atoms with Gasteiger partial charge in [-0.2, -0.15) is 5.21 Å². The largest absolute Gasteiger partial charge is 0.415 e. The van der Waals surface area contributed by atoms with E-state index in [1.165, 1.54) is 5.56 Å². The molecule has 2 N–H and O–H groups in total. The minimum atomic E-state index is -0.360. The SMILES string of the molecule is CC(Sc1nn[nH]n1)C1CCN(C(=O)Oc2ccc(NC(=O)c3ccc(CN4CCOCC4)cc3)cc2)CC1. The van der Waals surface area contributed by atoms with Crippen molar-refractivity contribution in [1.29, 1.82) is 0 Å². The lowest BCUT2D eigenvalue weighted by Crippen LogP contribution is -2.41. The van der Waals surface area contributed by atoms with Gasteiger partial charge in [-0.05, 0) is 65.9 Å². The number of H-pyrrole nitrogens is 1. The Bertz CT molecular complexity index is 1210. The van der Waals surface area contributed by atoms with Crippen LogP contribution in [0.2, 0.25) is 0 Å². The predicted molar refractivity (Wildman–Crippen MR) is 147 cm³/mol. The molecule has 1 aromatic heterocycles. The van der Waals surface area contributed by atoms with E-state index in [4.69, 9.17) is 9.47 Å². The van der Waals surface area contributed by atoms with Gasteiger partial charge >= 0.3 is 6.09 Å². The average Bonchev–Trinajstić information content (AvgIpc) is 3.48. The molecule has 2 aliphatic rings. The lowest BCUT2D eigenvalue weighted by atomic mass is 9.94. The molecular formula is C27H33N7O4S. The molecule has 2 saturated heterocycles. The normalized spacial score (nSPS) is 17.5. The van der Waals surface area contributed by atoms with E-state index in [-0.39, 0.29) is 12.0 Å². The molecule has 1 atom stereocenters. The quantitative estimate of drug-likeness (QED) is 0.403. The van der Waals surface area contributed by atoms with Gasteiger partial charge in [-0.25, -0.2) is 4.79 Å². The van der Waals surface area contributed by atoms with Crippen molar-refractivity contribution in [2.75, 3.05) is 44.7 Å². The van der Waals surface area contributed by atoms with Crippen molar-refractivity contribution < 1.29 is 19.1 Å². The number of morpholine rings is 1. The summed E-state index contributed by atoms with van der Waals surface area (Å²) in [7, 11) is 0. The van der Waals surface area contributed by atoms with Crippen LogP contribution in [0.4, 0.5) is 10.5 Å². The van der Waals surface area contributed by atoms with Crippen molar-refractivity contribution >= 4 is 29.4 Å². The molecule has 3 aromatic rings. The number of anilines is 1. The smallest absolute Gasteiger partial charge is 0.410 e. The van der Waals surface area contributed by atoms with Crippen LogP contribution in [0.15, 0.2) is 53.7 Å². The number of nitrogens with zero attached hydrogens (tertiary/aromatic N) is 5. The minimum Gasteiger partial charge on any atom is -0.410 e. The molecule has 11 nitrogen and oxygen atoms in total. The van der Waals surface area contributed by atoms with Crippen LogP contribution in [0.1, 0.15) is 35.7 Å². The highest BCUT2D eigenvalue weighted by Crippen LogP contribution is 2.31. The Hall–Kier alpha value is -3.48. The number of aromatic nitrogens is 4. The maximum Gasteiger partial charge on any atom is 0.415 e. The van der Waals surface area contributed by atoms with Gasteiger partial charge in [-0.3, -0.25) is 9.69 Å². The number of benzene rings is 2. The molecule has 5 rings (SSSR count). The van der Waals surface area contributed by atoms with Crippen LogP contribution in [0.3, 0.4) is 0 Å². The zero-order valence-corrected chi connectivity index (χ0v) is 22.7. The number of tetrazole rings is 1. The van der Waals surface area contributed by atoms with E-state index in [0.717, 1.165) is 45.7 Å². The van der Waals surface area contributed by atoms with Gasteiger partial charge in [0.15, 0.2) is 0 Å². The van der Waals surface area contributed by atoms with Crippen LogP contribution < -0.4 is 10.1 Å². The van der Waals surface area contributed by atoms with Crippen molar-refractivity contribution in [3.05, 3.63) is 59.7 Å². The Morgan fingerprint density at radius 1 is 1.08 bits per heavy atom. The van der Waals surface area contributed by atoms with Gasteiger partial charge in [-0.15, -0.1) is 10.2 Å². The zero-order chi connectivity index (χ0) is 27.0. The summed E-state index contributed by atoms with van der Waals surface area (Å²) >= 11 is 1.59. The van der Waals surface area contributed by atoms with Crippen LogP contribution >= 0.6 is 11.8 Å². The van der Waals surface area contributed by atoms with Crippen LogP contribution in [-0.4, -0.2) is 87.1 Å². The highest BCUT2D eigenvalue weighted by molar-refractivity contribution is 7.99. The Labute approximate surface area is 231 Å². The molecular weight excluding hydrogens is 518 g/mol. The molecule has 0 saturated carbocycles. The maximum atomic E-state index is 12.7. The number of thioether (sulfide) groups is 1. The summed E-state index contributed by atoms with van der Waals surface area (Å²) in [5.41, 5.74) is 2.39. The molecule has 12 heteroatoms. The number of rotatable bonds is 8. The first-order chi connectivity index (χ1) is 19.0. The molecule has 0 bridgehead atoms. The molecule has 39 heavy (non-hydrogen) atoms. The molecule has 2 fully saturated rings. The summed E-state index contributed by atoms with van der Waals surface area (Å²) < 4.78 is 11.0. The third-order valence-corrected chi connectivity index (χ3v) is 8.26. The molecule has 2 aromatic carbocycles. The van der Waals surface area contributed by atoms with Gasteiger partial charge in [0.1, 0.15) is 5.75 Å². The van der Waals surface area contributed by atoms with Crippen LogP contribution in [-0.2, 0) is 11.3 Å². The predicted octanol–water partition coefficient (Wildman–Crippen LogP) is 3.68. The second-order valence-corrected chi connectivity index (χ2v) is 11.1. The number of likely N-dealkylation sites (tertiary alicyclic amines) is 1. The maximum absolute atomic E-state index is 12.7. The Kier molecular flexibility index (Phi) is 9.07. The molecule has 1 unspecified atom stereocenters. The highest BCUT2D eigenvalue weighted by atomic mass is 32.2. The Morgan fingerprint density at radius 2 is 1.79 bits per heavy atom. The summed E-state index contributed by atoms with van der Waals surface area (Å²) in [6.45, 7) is 7.66. The van der Waals surface area contributed by atoms with E-state index in [1.54, 1.807) is 40.9 Å². The van der Waals surface area contributed by atoms with E-state index in [0.29, 0.717) is 46.4 Å². The summed E-state index contributed by atoms with van der Waals surface area (Å²) in [6, 6.07) is 14.5. The second kappa shape index (κ2) is 13.0. The molecule has 3 heterocycles. The van der Waals surface area contributed by atoms with Gasteiger partial charge in [-0.1, -0.05) is 30.8 Å². The number of carbonyl (C=O) groups excluding carboxylic acids is 2. The van der Waals surface area contributed by atoms with Crippen molar-refractivity contribution in [3.8, 4) is 5.75 Å². The van der Waals surface area contributed by atoms with E-state index in [1.807, 2.05) is 24.3 Å². The third-order valence-electron chi connectivity index (χ3n) is 7.12. The number of hydrogen-bond acceptors (Lipinski definition) is 9. The topological polar surface area (TPSA) is 126 Å². The van der Waals surface area contributed by atoms with E-state index in [2.05, 4.69) is 37.8 Å². The van der Waals surface area contributed by atoms with Gasteiger partial charge in [0.05, 0.1) is 13.2 Å². The molecule has 0 spiro atoms. The molecule has 206 valence electrons. The first-order valence-corrected chi connectivity index (χ1v) is 14.1. The summed E-state index contributed by atoms with van der Waals surface area (Å²) in [5, 5.41) is 17.9. The molecule has 0 radical (unpaired) electrons. The number of aromatic amines is 1. The monoisotopic (exact) mass is 551 g/mol. The molecule has 0 aliphatic carbocycles. The molecule has 2 amide bonds. The number of ether oxygens (including phenoxy) is 2. The lowest BCUT2D eigenvalue weighted by Gasteiger charge is -2.33. The fraction of sp³-hybridized carbons (Fsp3) is 0.444. The van der Waals surface area contributed by atoms with Crippen molar-refractivity contribution in [2.45, 2.75) is 36.7 Å². The summed E-state index contributed by atoms with van der Waals surface area (Å²) in [5.74, 6) is 0.710. The second-order valence-electron chi connectivity index (χ2n) is 9.77. The highest BCUT2D eigenvalue weighted by Gasteiger charge is 2.28. The number of amides is 2. The zero-order valence-electron chi connectivity index (χ0n) is 21.9. The number of hydrogen-bond donors (Lipinski definition) is 2. The van der Waals surface area contributed by atoms with Gasteiger partial charge in [0.25, 0.3) is 5.91 Å². The van der Waals surface area contributed by atoms with E-state index >= 15 is 0 Å². The van der Waals surface area contributed by atoms with Gasteiger partial charge in [0, 0.05) is 49.2 Å². The standard InChI is InChI=1S/C27H33N7O4S/c1-19(39-26-29-31-32-30-26)21-10-12-34(13-11-21)27(36)38-24-8-6-23(7-9-24)28-25(35)22-4-2-20(3-5-22)18-33-14-16-37-17-15-33/h2-9,19,21H,10-18H2,1H3,(H,28,35)(H,29,30,31,32). The van der Waals surface area contributed by atoms with Crippen molar-refractivity contribution in [2.24, 2.45) is 5.92 Å². The van der Waals surface area contributed by atoms with Crippen LogP contribution in [0.5, 0.6) is 5.75 Å². The average molecular weight is 552 g/mol. The first-order valence-electron chi connectivity index (χ1n) is 13.2. The number of carbonyl (C=O) groups is 2. The third kappa shape index (κ3) is 7.55. The summed E-state index contributed by atoms with van der Waals surface area (Å²) in [6.07, 6.45) is 1.42. The fourth-order valence-corrected chi connectivity index (χ4v) is 5.75. The van der Waals surface area contributed by atoms with E-state index in [9.17, 15) is 9.59 Å². The first kappa shape index (κ1) is 27.1. The summed E-state index contributed by atoms with van der Waals surface area (Å²) in [4.78, 5) is 29.5. The Morgan fingerprint density at radius 3 is 2.46 bits per heavy atom. The van der Waals surface area contributed by atoms with Crippen LogP contribution in [0, 0.1) is 5.92 Å². The fourth-order valence-electron chi connectivity index (χ4n) is 4.77. The Balaban J connectivity index is 1.06. The van der Waals surface area contributed by atoms with Crippen molar-refractivity contribution in [1.82, 2.24) is 30.4 Å². The van der Waals surface area contributed by atoms with E-state index < -0.39 is 0 Å². The van der Waals surface area contributed by atoms with Gasteiger partial charge in [0.2, 0.25) is 5.16 Å². The lowest BCUT2D eigenvalue weighted by molar-refractivity contribution is 0.0342. The number of piperidine rings is 1. The number of nitrogens with one attached hydrogen (secondary N) is 2. The van der Waals surface area contributed by atoms with Crippen LogP contribution in [0.25, 0.3) is 0 Å².